The van der Waals surface area contributed by atoms with Crippen LogP contribution in [0.25, 0.3) is 11.4 Å². The first-order valence-corrected chi connectivity index (χ1v) is 13.9. The highest BCUT2D eigenvalue weighted by Crippen LogP contribution is 2.38. The molecule has 1 unspecified atom stereocenters. The first-order chi connectivity index (χ1) is 18.6. The molecule has 0 aliphatic heterocycles. The van der Waals surface area contributed by atoms with Crippen LogP contribution >= 0.6 is 0 Å². The standard InChI is InChI=1S/C31H42N6O/c1-5-6-11-28(32-2)23-38-29-18-16-26(17-19-29)30(22-24-9-7-8-10-24)25-12-14-27(15-13-25)31-33-34-35-37(31)21-20-36(3)4/h6,11-19,24,30H,5,7-10,20-23H2,1-4H3/b11-6-,32-28?. The number of nitrogens with zero attached hydrogens (tertiary/aromatic N) is 6. The minimum absolute atomic E-state index is 0.353. The predicted molar refractivity (Wildman–Crippen MR) is 155 cm³/mol. The first kappa shape index (κ1) is 27.7. The minimum atomic E-state index is 0.353. The number of likely N-dealkylation sites (N-methyl/N-ethyl adjacent to an activating group) is 1. The molecule has 7 heteroatoms. The van der Waals surface area contributed by atoms with Crippen LogP contribution in [0.5, 0.6) is 5.75 Å². The number of allylic oxidation sites excluding steroid dienone is 1. The van der Waals surface area contributed by atoms with Crippen molar-refractivity contribution in [2.45, 2.75) is 57.9 Å². The van der Waals surface area contributed by atoms with Gasteiger partial charge in [0, 0.05) is 25.1 Å². The van der Waals surface area contributed by atoms with Crippen LogP contribution in [0.4, 0.5) is 0 Å². The van der Waals surface area contributed by atoms with Crippen molar-refractivity contribution in [3.05, 3.63) is 71.8 Å². The minimum Gasteiger partial charge on any atom is -0.487 e. The molecule has 0 saturated heterocycles. The third-order valence-corrected chi connectivity index (χ3v) is 7.41. The molecule has 0 bridgehead atoms. The molecule has 202 valence electrons. The molecule has 1 heterocycles. The van der Waals surface area contributed by atoms with Gasteiger partial charge in [-0.25, -0.2) is 4.68 Å². The Morgan fingerprint density at radius 3 is 2.39 bits per heavy atom. The lowest BCUT2D eigenvalue weighted by Crippen LogP contribution is -2.19. The maximum absolute atomic E-state index is 6.03. The third kappa shape index (κ3) is 7.60. The van der Waals surface area contributed by atoms with Crippen LogP contribution in [0.3, 0.4) is 0 Å². The van der Waals surface area contributed by atoms with Crippen LogP contribution in [0.1, 0.15) is 62.5 Å². The van der Waals surface area contributed by atoms with Crippen LogP contribution in [0.2, 0.25) is 0 Å². The number of hydrogen-bond donors (Lipinski definition) is 0. The molecule has 1 fully saturated rings. The first-order valence-electron chi connectivity index (χ1n) is 13.9. The molecule has 0 radical (unpaired) electrons. The van der Waals surface area contributed by atoms with E-state index in [2.05, 4.69) is 101 Å². The molecular weight excluding hydrogens is 472 g/mol. The van der Waals surface area contributed by atoms with E-state index in [1.165, 1.54) is 43.2 Å². The largest absolute Gasteiger partial charge is 0.487 e. The van der Waals surface area contributed by atoms with Gasteiger partial charge < -0.3 is 9.64 Å². The molecule has 3 aromatic rings. The van der Waals surface area contributed by atoms with Gasteiger partial charge in [0.15, 0.2) is 5.82 Å². The van der Waals surface area contributed by atoms with Crippen LogP contribution in [-0.2, 0) is 6.54 Å². The quantitative estimate of drug-likeness (QED) is 0.261. The van der Waals surface area contributed by atoms with Crippen molar-refractivity contribution in [1.29, 1.82) is 0 Å². The fourth-order valence-corrected chi connectivity index (χ4v) is 5.16. The molecule has 1 aliphatic rings. The SMILES string of the molecule is CC/C=C\C(COc1ccc(C(CC2CCCC2)c2ccc(-c3nnnn3CCN(C)C)cc2)cc1)=NC. The molecule has 0 amide bonds. The molecule has 2 aromatic carbocycles. The third-order valence-electron chi connectivity index (χ3n) is 7.41. The van der Waals surface area contributed by atoms with Crippen molar-refractivity contribution in [2.75, 3.05) is 34.3 Å². The Morgan fingerprint density at radius 2 is 1.76 bits per heavy atom. The van der Waals surface area contributed by atoms with E-state index in [1.54, 1.807) is 0 Å². The van der Waals surface area contributed by atoms with Crippen molar-refractivity contribution < 1.29 is 4.74 Å². The van der Waals surface area contributed by atoms with Crippen molar-refractivity contribution in [3.8, 4) is 17.1 Å². The maximum atomic E-state index is 6.03. The van der Waals surface area contributed by atoms with Gasteiger partial charge >= 0.3 is 0 Å². The van der Waals surface area contributed by atoms with E-state index >= 15 is 0 Å². The Balaban J connectivity index is 1.51. The Kier molecular flexibility index (Phi) is 10.2. The lowest BCUT2D eigenvalue weighted by atomic mass is 9.83. The van der Waals surface area contributed by atoms with Crippen LogP contribution in [0, 0.1) is 5.92 Å². The predicted octanol–water partition coefficient (Wildman–Crippen LogP) is 6.03. The van der Waals surface area contributed by atoms with Gasteiger partial charge in [-0.2, -0.15) is 0 Å². The molecular formula is C31H42N6O. The van der Waals surface area contributed by atoms with E-state index in [1.807, 2.05) is 17.8 Å². The van der Waals surface area contributed by atoms with Crippen molar-refractivity contribution in [1.82, 2.24) is 25.1 Å². The summed E-state index contributed by atoms with van der Waals surface area (Å²) in [6, 6.07) is 17.5. The topological polar surface area (TPSA) is 68.4 Å². The average molecular weight is 515 g/mol. The van der Waals surface area contributed by atoms with E-state index in [-0.39, 0.29) is 0 Å². The molecule has 38 heavy (non-hydrogen) atoms. The van der Waals surface area contributed by atoms with Crippen LogP contribution in [0.15, 0.2) is 65.7 Å². The fraction of sp³-hybridized carbons (Fsp3) is 0.484. The molecule has 0 spiro atoms. The van der Waals surface area contributed by atoms with Gasteiger partial charge in [0.25, 0.3) is 0 Å². The lowest BCUT2D eigenvalue weighted by molar-refractivity contribution is 0.372. The Morgan fingerprint density at radius 1 is 1.08 bits per heavy atom. The number of rotatable bonds is 13. The van der Waals surface area contributed by atoms with E-state index in [9.17, 15) is 0 Å². The van der Waals surface area contributed by atoms with Crippen molar-refractivity contribution in [2.24, 2.45) is 10.9 Å². The van der Waals surface area contributed by atoms with Crippen LogP contribution < -0.4 is 4.74 Å². The smallest absolute Gasteiger partial charge is 0.182 e. The van der Waals surface area contributed by atoms with Crippen LogP contribution in [-0.4, -0.2) is 65.1 Å². The summed E-state index contributed by atoms with van der Waals surface area (Å²) in [5.41, 5.74) is 4.67. The summed E-state index contributed by atoms with van der Waals surface area (Å²) in [5, 5.41) is 12.4. The zero-order valence-electron chi connectivity index (χ0n) is 23.4. The molecule has 1 atom stereocenters. The zero-order valence-corrected chi connectivity index (χ0v) is 23.4. The summed E-state index contributed by atoms with van der Waals surface area (Å²) in [7, 11) is 5.93. The van der Waals surface area contributed by atoms with Crippen molar-refractivity contribution in [3.63, 3.8) is 0 Å². The highest BCUT2D eigenvalue weighted by atomic mass is 16.5. The summed E-state index contributed by atoms with van der Waals surface area (Å²) in [5.74, 6) is 2.82. The van der Waals surface area contributed by atoms with Gasteiger partial charge in [0.2, 0.25) is 0 Å². The molecule has 7 nitrogen and oxygen atoms in total. The molecule has 1 saturated carbocycles. The highest BCUT2D eigenvalue weighted by Gasteiger charge is 2.23. The molecule has 1 aliphatic carbocycles. The fourth-order valence-electron chi connectivity index (χ4n) is 5.16. The normalized spacial score (nSPS) is 15.6. The molecule has 1 aromatic heterocycles. The summed E-state index contributed by atoms with van der Waals surface area (Å²) in [6.07, 6.45) is 11.7. The second kappa shape index (κ2) is 14.0. The van der Waals surface area contributed by atoms with Gasteiger partial charge in [-0.05, 0) is 72.6 Å². The Labute approximate surface area is 227 Å². The number of ether oxygens (including phenoxy) is 1. The van der Waals surface area contributed by atoms with E-state index < -0.39 is 0 Å². The van der Waals surface area contributed by atoms with Gasteiger partial charge in [-0.15, -0.1) is 5.10 Å². The van der Waals surface area contributed by atoms with E-state index in [4.69, 9.17) is 4.74 Å². The summed E-state index contributed by atoms with van der Waals surface area (Å²) in [4.78, 5) is 6.46. The van der Waals surface area contributed by atoms with Gasteiger partial charge in [-0.1, -0.05) is 75.1 Å². The zero-order chi connectivity index (χ0) is 26.7. The lowest BCUT2D eigenvalue weighted by Gasteiger charge is -2.22. The highest BCUT2D eigenvalue weighted by molar-refractivity contribution is 5.96. The second-order valence-electron chi connectivity index (χ2n) is 10.5. The monoisotopic (exact) mass is 514 g/mol. The number of hydrogen-bond acceptors (Lipinski definition) is 6. The molecule has 4 rings (SSSR count). The summed E-state index contributed by atoms with van der Waals surface area (Å²) in [6.45, 7) is 4.25. The number of aliphatic imine (C=N–C) groups is 1. The van der Waals surface area contributed by atoms with Gasteiger partial charge in [0.05, 0.1) is 12.3 Å². The Hall–Kier alpha value is -3.32. The number of benzene rings is 2. The molecule has 0 N–H and O–H groups in total. The second-order valence-corrected chi connectivity index (χ2v) is 10.5. The van der Waals surface area contributed by atoms with E-state index in [0.717, 1.165) is 48.3 Å². The van der Waals surface area contributed by atoms with Gasteiger partial charge in [-0.3, -0.25) is 4.99 Å². The Bertz CT molecular complexity index is 1170. The number of tetrazole rings is 1. The maximum Gasteiger partial charge on any atom is 0.182 e. The summed E-state index contributed by atoms with van der Waals surface area (Å²) >= 11 is 0. The van der Waals surface area contributed by atoms with Crippen molar-refractivity contribution >= 4 is 5.71 Å². The van der Waals surface area contributed by atoms with Gasteiger partial charge in [0.1, 0.15) is 12.4 Å². The summed E-state index contributed by atoms with van der Waals surface area (Å²) < 4.78 is 7.91. The number of aromatic nitrogens is 4. The average Bonchev–Trinajstić information content (AvgIpc) is 3.63. The van der Waals surface area contributed by atoms with E-state index in [0.29, 0.717) is 12.5 Å².